The minimum absolute atomic E-state index is 0.177. The van der Waals surface area contributed by atoms with Crippen LogP contribution in [0.25, 0.3) is 0 Å². The minimum Gasteiger partial charge on any atom is -0.481 e. The van der Waals surface area contributed by atoms with Crippen molar-refractivity contribution in [2.24, 2.45) is 0 Å². The van der Waals surface area contributed by atoms with Crippen molar-refractivity contribution in [3.63, 3.8) is 0 Å². The van der Waals surface area contributed by atoms with Crippen LogP contribution < -0.4 is 5.32 Å². The van der Waals surface area contributed by atoms with Crippen molar-refractivity contribution in [1.82, 2.24) is 5.32 Å². The molecule has 0 heterocycles. The topological polar surface area (TPSA) is 66.4 Å². The molecule has 1 amide bonds. The molecule has 0 aliphatic heterocycles. The van der Waals surface area contributed by atoms with Gasteiger partial charge in [0.2, 0.25) is 5.91 Å². The molecular weight excluding hydrogens is 334 g/mol. The summed E-state index contributed by atoms with van der Waals surface area (Å²) in [6.07, 6.45) is -0.177. The highest BCUT2D eigenvalue weighted by Gasteiger charge is 2.18. The standard InChI is InChI=1S/C17H16ClNO3S/c18-13-8-6-12(7-9-13)15(10-17(21)22)19-16(20)11-23-14-4-2-1-3-5-14/h1-9,15H,10-11H2,(H,19,20)(H,21,22)/t15-/m1/s1. The minimum atomic E-state index is -0.971. The summed E-state index contributed by atoms with van der Waals surface area (Å²) in [4.78, 5) is 24.1. The van der Waals surface area contributed by atoms with Crippen molar-refractivity contribution >= 4 is 35.2 Å². The number of thioether (sulfide) groups is 1. The molecule has 0 bridgehead atoms. The zero-order valence-electron chi connectivity index (χ0n) is 12.2. The molecule has 2 N–H and O–H groups in total. The van der Waals surface area contributed by atoms with Crippen LogP contribution in [-0.4, -0.2) is 22.7 Å². The molecule has 2 aromatic carbocycles. The molecule has 0 aromatic heterocycles. The van der Waals surface area contributed by atoms with Gasteiger partial charge in [-0.15, -0.1) is 11.8 Å². The van der Waals surface area contributed by atoms with E-state index in [0.29, 0.717) is 5.02 Å². The number of hydrogen-bond acceptors (Lipinski definition) is 3. The lowest BCUT2D eigenvalue weighted by Crippen LogP contribution is -2.31. The lowest BCUT2D eigenvalue weighted by molar-refractivity contribution is -0.137. The van der Waals surface area contributed by atoms with E-state index in [-0.39, 0.29) is 18.1 Å². The third-order valence-electron chi connectivity index (χ3n) is 3.10. The number of carbonyl (C=O) groups excluding carboxylic acids is 1. The van der Waals surface area contributed by atoms with E-state index in [1.807, 2.05) is 30.3 Å². The van der Waals surface area contributed by atoms with Gasteiger partial charge in [0.05, 0.1) is 18.2 Å². The van der Waals surface area contributed by atoms with E-state index in [0.717, 1.165) is 10.5 Å². The molecule has 2 aromatic rings. The van der Waals surface area contributed by atoms with Gasteiger partial charge in [0.15, 0.2) is 0 Å². The van der Waals surface area contributed by atoms with Crippen LogP contribution in [0.15, 0.2) is 59.5 Å². The Morgan fingerprint density at radius 2 is 1.74 bits per heavy atom. The second kappa shape index (κ2) is 8.60. The van der Waals surface area contributed by atoms with Crippen molar-refractivity contribution in [3.05, 3.63) is 65.2 Å². The molecule has 0 spiro atoms. The van der Waals surface area contributed by atoms with Crippen LogP contribution in [0.4, 0.5) is 0 Å². The van der Waals surface area contributed by atoms with Crippen LogP contribution in [0.3, 0.4) is 0 Å². The predicted molar refractivity (Wildman–Crippen MR) is 91.8 cm³/mol. The van der Waals surface area contributed by atoms with Crippen LogP contribution in [0.2, 0.25) is 5.02 Å². The zero-order chi connectivity index (χ0) is 16.7. The first-order valence-electron chi connectivity index (χ1n) is 6.99. The molecule has 0 unspecified atom stereocenters. The second-order valence-corrected chi connectivity index (χ2v) is 6.36. The van der Waals surface area contributed by atoms with Gasteiger partial charge in [0.1, 0.15) is 0 Å². The Labute approximate surface area is 143 Å². The predicted octanol–water partition coefficient (Wildman–Crippen LogP) is 3.76. The van der Waals surface area contributed by atoms with E-state index in [1.165, 1.54) is 11.8 Å². The third kappa shape index (κ3) is 5.96. The maximum absolute atomic E-state index is 12.1. The summed E-state index contributed by atoms with van der Waals surface area (Å²) < 4.78 is 0. The van der Waals surface area contributed by atoms with Crippen molar-refractivity contribution in [2.75, 3.05) is 5.75 Å². The van der Waals surface area contributed by atoms with E-state index < -0.39 is 12.0 Å². The summed E-state index contributed by atoms with van der Waals surface area (Å²) in [5.41, 5.74) is 0.717. The number of halogens is 1. The van der Waals surface area contributed by atoms with Gasteiger partial charge in [-0.2, -0.15) is 0 Å². The van der Waals surface area contributed by atoms with Crippen molar-refractivity contribution in [1.29, 1.82) is 0 Å². The lowest BCUT2D eigenvalue weighted by Gasteiger charge is -2.17. The van der Waals surface area contributed by atoms with Gasteiger partial charge in [-0.25, -0.2) is 0 Å². The zero-order valence-corrected chi connectivity index (χ0v) is 13.8. The van der Waals surface area contributed by atoms with Gasteiger partial charge in [-0.3, -0.25) is 9.59 Å². The van der Waals surface area contributed by atoms with Crippen LogP contribution in [-0.2, 0) is 9.59 Å². The second-order valence-electron chi connectivity index (χ2n) is 4.87. The fraction of sp³-hybridized carbons (Fsp3) is 0.176. The molecule has 1 atom stereocenters. The van der Waals surface area contributed by atoms with E-state index in [1.54, 1.807) is 24.3 Å². The first kappa shape index (κ1) is 17.4. The molecule has 0 saturated carbocycles. The monoisotopic (exact) mass is 349 g/mol. The summed E-state index contributed by atoms with van der Waals surface area (Å²) in [5.74, 6) is -0.950. The molecule has 0 aliphatic rings. The molecular formula is C17H16ClNO3S. The van der Waals surface area contributed by atoms with E-state index in [4.69, 9.17) is 16.7 Å². The highest BCUT2D eigenvalue weighted by Crippen LogP contribution is 2.21. The average Bonchev–Trinajstić information content (AvgIpc) is 2.53. The van der Waals surface area contributed by atoms with E-state index in [2.05, 4.69) is 5.32 Å². The highest BCUT2D eigenvalue weighted by atomic mass is 35.5. The quantitative estimate of drug-likeness (QED) is 0.747. The number of aliphatic carboxylic acids is 1. The van der Waals surface area contributed by atoms with Gasteiger partial charge < -0.3 is 10.4 Å². The van der Waals surface area contributed by atoms with Crippen molar-refractivity contribution in [2.45, 2.75) is 17.4 Å². The molecule has 4 nitrogen and oxygen atoms in total. The summed E-state index contributed by atoms with van der Waals surface area (Å²) in [7, 11) is 0. The number of amides is 1. The van der Waals surface area contributed by atoms with Crippen LogP contribution >= 0.6 is 23.4 Å². The number of hydrogen-bond donors (Lipinski definition) is 2. The maximum Gasteiger partial charge on any atom is 0.305 e. The van der Waals surface area contributed by atoms with Crippen LogP contribution in [0.1, 0.15) is 18.0 Å². The van der Waals surface area contributed by atoms with Crippen molar-refractivity contribution < 1.29 is 14.7 Å². The molecule has 0 aliphatic carbocycles. The van der Waals surface area contributed by atoms with Gasteiger partial charge in [0, 0.05) is 9.92 Å². The molecule has 6 heteroatoms. The van der Waals surface area contributed by atoms with E-state index >= 15 is 0 Å². The molecule has 0 fully saturated rings. The Morgan fingerprint density at radius 3 is 2.35 bits per heavy atom. The third-order valence-corrected chi connectivity index (χ3v) is 4.36. The molecule has 2 rings (SSSR count). The number of carboxylic acid groups (broad SMARTS) is 1. The maximum atomic E-state index is 12.1. The summed E-state index contributed by atoms with van der Waals surface area (Å²) in [5, 5.41) is 12.4. The number of carboxylic acids is 1. The fourth-order valence-electron chi connectivity index (χ4n) is 2.02. The number of nitrogens with one attached hydrogen (secondary N) is 1. The SMILES string of the molecule is O=C(O)C[C@@H](NC(=O)CSc1ccccc1)c1ccc(Cl)cc1. The van der Waals surface area contributed by atoms with Gasteiger partial charge >= 0.3 is 5.97 Å². The Balaban J connectivity index is 1.98. The highest BCUT2D eigenvalue weighted by molar-refractivity contribution is 8.00. The Hall–Kier alpha value is -1.98. The van der Waals surface area contributed by atoms with Crippen LogP contribution in [0.5, 0.6) is 0 Å². The van der Waals surface area contributed by atoms with E-state index in [9.17, 15) is 9.59 Å². The number of rotatable bonds is 7. The van der Waals surface area contributed by atoms with Crippen molar-refractivity contribution in [3.8, 4) is 0 Å². The smallest absolute Gasteiger partial charge is 0.305 e. The average molecular weight is 350 g/mol. The van der Waals surface area contributed by atoms with Gasteiger partial charge in [-0.05, 0) is 29.8 Å². The van der Waals surface area contributed by atoms with Crippen LogP contribution in [0, 0.1) is 0 Å². The largest absolute Gasteiger partial charge is 0.481 e. The molecule has 0 saturated heterocycles. The lowest BCUT2D eigenvalue weighted by atomic mass is 10.0. The summed E-state index contributed by atoms with van der Waals surface area (Å²) >= 11 is 7.24. The first-order valence-corrected chi connectivity index (χ1v) is 8.35. The first-order chi connectivity index (χ1) is 11.0. The number of benzene rings is 2. The Morgan fingerprint density at radius 1 is 1.09 bits per heavy atom. The fourth-order valence-corrected chi connectivity index (χ4v) is 2.88. The molecule has 23 heavy (non-hydrogen) atoms. The Bertz CT molecular complexity index is 661. The Kier molecular flexibility index (Phi) is 6.50. The van der Waals surface area contributed by atoms with Gasteiger partial charge in [-0.1, -0.05) is 41.9 Å². The normalized spacial score (nSPS) is 11.7. The summed E-state index contributed by atoms with van der Waals surface area (Å²) in [6.45, 7) is 0. The molecule has 0 radical (unpaired) electrons. The molecule has 120 valence electrons. The van der Waals surface area contributed by atoms with Gasteiger partial charge in [0.25, 0.3) is 0 Å². The summed E-state index contributed by atoms with van der Waals surface area (Å²) in [6, 6.07) is 15.8. The number of carbonyl (C=O) groups is 2.